The number of anilines is 1. The van der Waals surface area contributed by atoms with E-state index < -0.39 is 15.4 Å². The van der Waals surface area contributed by atoms with Gasteiger partial charge in [0.2, 0.25) is 5.91 Å². The lowest BCUT2D eigenvalue weighted by atomic mass is 9.75. The summed E-state index contributed by atoms with van der Waals surface area (Å²) >= 11 is 0. The third kappa shape index (κ3) is 4.59. The molecule has 1 aliphatic heterocycles. The number of benzene rings is 1. The van der Waals surface area contributed by atoms with Crippen molar-refractivity contribution in [2.24, 2.45) is 5.92 Å². The molecule has 3 fully saturated rings. The van der Waals surface area contributed by atoms with Crippen molar-refractivity contribution in [2.45, 2.75) is 50.0 Å². The van der Waals surface area contributed by atoms with E-state index in [-0.39, 0.29) is 29.2 Å². The molecular weight excluding hydrogens is 486 g/mol. The van der Waals surface area contributed by atoms with Gasteiger partial charge in [-0.25, -0.2) is 12.9 Å². The molecule has 192 valence electrons. The number of sulfone groups is 1. The van der Waals surface area contributed by atoms with E-state index in [4.69, 9.17) is 5.10 Å². The average Bonchev–Trinajstić information content (AvgIpc) is 3.58. The summed E-state index contributed by atoms with van der Waals surface area (Å²) in [5.74, 6) is 0.112. The van der Waals surface area contributed by atoms with Crippen molar-refractivity contribution in [1.29, 1.82) is 5.26 Å². The van der Waals surface area contributed by atoms with Crippen LogP contribution in [0.2, 0.25) is 0 Å². The number of carbonyl (C=O) groups excluding carboxylic acids is 1. The summed E-state index contributed by atoms with van der Waals surface area (Å²) < 4.78 is 25.6. The van der Waals surface area contributed by atoms with Crippen molar-refractivity contribution in [1.82, 2.24) is 14.9 Å². The smallest absolute Gasteiger partial charge is 0.225 e. The SMILES string of the molecule is N#CC1(NC(=O)[C@@H]2CCCC[C@H]2c2nn3ccccc3c2-c2ccc(N3CCS(=O)(=O)CC3)cc2)CC1. The number of hydrogen-bond acceptors (Lipinski definition) is 6. The van der Waals surface area contributed by atoms with Crippen LogP contribution in [0.25, 0.3) is 16.6 Å². The molecule has 3 aliphatic rings. The van der Waals surface area contributed by atoms with Crippen LogP contribution in [0, 0.1) is 17.2 Å². The minimum atomic E-state index is -2.93. The number of carbonyl (C=O) groups is 1. The molecule has 2 saturated carbocycles. The highest BCUT2D eigenvalue weighted by atomic mass is 32.2. The fourth-order valence-corrected chi connectivity index (χ4v) is 7.07. The van der Waals surface area contributed by atoms with Crippen molar-refractivity contribution in [3.63, 3.8) is 0 Å². The molecule has 2 aromatic heterocycles. The van der Waals surface area contributed by atoms with E-state index in [1.807, 2.05) is 22.8 Å². The van der Waals surface area contributed by atoms with E-state index in [1.165, 1.54) is 0 Å². The minimum Gasteiger partial charge on any atom is -0.369 e. The number of rotatable bonds is 5. The number of fused-ring (bicyclic) bond motifs is 1. The van der Waals surface area contributed by atoms with Crippen LogP contribution in [0.4, 0.5) is 5.69 Å². The topological polar surface area (TPSA) is 108 Å². The van der Waals surface area contributed by atoms with E-state index in [9.17, 15) is 18.5 Å². The molecule has 0 bridgehead atoms. The second-order valence-electron chi connectivity index (χ2n) is 10.7. The number of nitriles is 1. The van der Waals surface area contributed by atoms with Crippen LogP contribution >= 0.6 is 0 Å². The number of hydrogen-bond donors (Lipinski definition) is 1. The zero-order valence-corrected chi connectivity index (χ0v) is 21.6. The summed E-state index contributed by atoms with van der Waals surface area (Å²) in [6, 6.07) is 16.6. The highest BCUT2D eigenvalue weighted by molar-refractivity contribution is 7.91. The van der Waals surface area contributed by atoms with Crippen molar-refractivity contribution < 1.29 is 13.2 Å². The van der Waals surface area contributed by atoms with Crippen LogP contribution in [-0.4, -0.2) is 54.1 Å². The molecule has 8 nitrogen and oxygen atoms in total. The molecule has 1 saturated heterocycles. The molecule has 3 heterocycles. The summed E-state index contributed by atoms with van der Waals surface area (Å²) in [6.45, 7) is 1.01. The van der Waals surface area contributed by atoms with Crippen LogP contribution in [0.1, 0.15) is 50.1 Å². The average molecular weight is 518 g/mol. The van der Waals surface area contributed by atoms with Gasteiger partial charge in [0.25, 0.3) is 0 Å². The Balaban J connectivity index is 1.35. The number of nitrogens with zero attached hydrogens (tertiary/aromatic N) is 4. The Hall–Kier alpha value is -3.38. The van der Waals surface area contributed by atoms with Gasteiger partial charge in [0, 0.05) is 42.4 Å². The van der Waals surface area contributed by atoms with Crippen molar-refractivity contribution >= 4 is 26.9 Å². The van der Waals surface area contributed by atoms with Crippen LogP contribution < -0.4 is 10.2 Å². The summed E-state index contributed by atoms with van der Waals surface area (Å²) in [7, 11) is -2.93. The van der Waals surface area contributed by atoms with E-state index in [0.717, 1.165) is 66.5 Å². The van der Waals surface area contributed by atoms with Crippen LogP contribution in [-0.2, 0) is 14.6 Å². The number of pyridine rings is 1. The third-order valence-electron chi connectivity index (χ3n) is 8.21. The van der Waals surface area contributed by atoms with E-state index in [1.54, 1.807) is 0 Å². The molecule has 6 rings (SSSR count). The molecule has 2 aliphatic carbocycles. The number of aromatic nitrogens is 2. The van der Waals surface area contributed by atoms with Gasteiger partial charge in [-0.3, -0.25) is 4.79 Å². The van der Waals surface area contributed by atoms with Gasteiger partial charge in [-0.05, 0) is 55.5 Å². The van der Waals surface area contributed by atoms with Crippen LogP contribution in [0.15, 0.2) is 48.7 Å². The monoisotopic (exact) mass is 517 g/mol. The molecule has 0 radical (unpaired) electrons. The summed E-state index contributed by atoms with van der Waals surface area (Å²) in [4.78, 5) is 15.5. The van der Waals surface area contributed by atoms with Gasteiger partial charge in [-0.1, -0.05) is 31.0 Å². The van der Waals surface area contributed by atoms with E-state index >= 15 is 0 Å². The first-order valence-corrected chi connectivity index (χ1v) is 15.0. The summed E-state index contributed by atoms with van der Waals surface area (Å²) in [5, 5.41) is 17.5. The lowest BCUT2D eigenvalue weighted by Gasteiger charge is -2.31. The zero-order chi connectivity index (χ0) is 25.6. The van der Waals surface area contributed by atoms with Gasteiger partial charge in [-0.2, -0.15) is 10.4 Å². The Morgan fingerprint density at radius 1 is 1.05 bits per heavy atom. The molecule has 1 amide bonds. The summed E-state index contributed by atoms with van der Waals surface area (Å²) in [5.41, 5.74) is 4.34. The fourth-order valence-electron chi connectivity index (χ4n) is 5.87. The second kappa shape index (κ2) is 9.18. The van der Waals surface area contributed by atoms with Gasteiger partial charge >= 0.3 is 0 Å². The molecule has 0 unspecified atom stereocenters. The van der Waals surface area contributed by atoms with Gasteiger partial charge < -0.3 is 10.2 Å². The number of amides is 1. The van der Waals surface area contributed by atoms with E-state index in [2.05, 4.69) is 46.6 Å². The lowest BCUT2D eigenvalue weighted by Crippen LogP contribution is -2.42. The van der Waals surface area contributed by atoms with Gasteiger partial charge in [0.1, 0.15) is 5.54 Å². The fraction of sp³-hybridized carbons (Fsp3) is 0.464. The minimum absolute atomic E-state index is 0.0230. The molecular formula is C28H31N5O3S. The highest BCUT2D eigenvalue weighted by Crippen LogP contribution is 2.44. The molecule has 0 spiro atoms. The molecule has 2 atom stereocenters. The maximum atomic E-state index is 13.4. The predicted octanol–water partition coefficient (Wildman–Crippen LogP) is 3.68. The second-order valence-corrected chi connectivity index (χ2v) is 13.0. The Kier molecular flexibility index (Phi) is 5.95. The molecule has 9 heteroatoms. The van der Waals surface area contributed by atoms with Gasteiger partial charge in [0.05, 0.1) is 28.8 Å². The van der Waals surface area contributed by atoms with Crippen molar-refractivity contribution in [3.8, 4) is 17.2 Å². The Morgan fingerprint density at radius 3 is 2.49 bits per heavy atom. The van der Waals surface area contributed by atoms with Crippen molar-refractivity contribution in [3.05, 3.63) is 54.4 Å². The molecule has 37 heavy (non-hydrogen) atoms. The largest absolute Gasteiger partial charge is 0.369 e. The Bertz CT molecular complexity index is 1470. The first-order chi connectivity index (χ1) is 17.9. The molecule has 1 aromatic carbocycles. The first-order valence-electron chi connectivity index (χ1n) is 13.1. The zero-order valence-electron chi connectivity index (χ0n) is 20.8. The third-order valence-corrected chi connectivity index (χ3v) is 9.82. The Morgan fingerprint density at radius 2 is 1.78 bits per heavy atom. The standard InChI is InChI=1S/C28H31N5O3S/c29-19-28(12-13-28)30-27(34)23-6-2-1-5-22(23)26-25(24-7-3-4-14-33(24)31-26)20-8-10-21(11-9-20)32-15-17-37(35,36)18-16-32/h3-4,7-11,14,22-23H,1-2,5-6,12-13,15-18H2,(H,30,34)/t22-,23-/m1/s1. The highest BCUT2D eigenvalue weighted by Gasteiger charge is 2.47. The normalized spacial score (nSPS) is 24.4. The maximum absolute atomic E-state index is 13.4. The van der Waals surface area contributed by atoms with E-state index in [0.29, 0.717) is 13.1 Å². The lowest BCUT2D eigenvalue weighted by molar-refractivity contribution is -0.127. The van der Waals surface area contributed by atoms with Crippen molar-refractivity contribution in [2.75, 3.05) is 29.5 Å². The number of nitrogens with one attached hydrogen (secondary N) is 1. The first kappa shape index (κ1) is 24.0. The summed E-state index contributed by atoms with van der Waals surface area (Å²) in [6.07, 6.45) is 7.11. The van der Waals surface area contributed by atoms with Crippen LogP contribution in [0.3, 0.4) is 0 Å². The van der Waals surface area contributed by atoms with Crippen LogP contribution in [0.5, 0.6) is 0 Å². The quantitative estimate of drug-likeness (QED) is 0.553. The predicted molar refractivity (Wildman–Crippen MR) is 142 cm³/mol. The Labute approximate surface area is 217 Å². The molecule has 1 N–H and O–H groups in total. The van der Waals surface area contributed by atoms with Gasteiger partial charge in [-0.15, -0.1) is 0 Å². The van der Waals surface area contributed by atoms with Gasteiger partial charge in [0.15, 0.2) is 9.84 Å². The maximum Gasteiger partial charge on any atom is 0.225 e. The molecule has 3 aromatic rings.